The SMILES string of the molecule is O=C(NCCc1ccccc1)[C@H](Cc1ccccc1)N(Cc1ccccc1)C(=O)COc1ccc(S(=O)(=O)Nc2ccc(F)cc2)cc1. The highest BCUT2D eigenvalue weighted by Gasteiger charge is 2.30. The normalized spacial score (nSPS) is 11.7. The smallest absolute Gasteiger partial charge is 0.261 e. The molecule has 0 aromatic heterocycles. The maximum atomic E-state index is 13.9. The van der Waals surface area contributed by atoms with Crippen molar-refractivity contribution in [2.24, 2.45) is 0 Å². The van der Waals surface area contributed by atoms with Crippen molar-refractivity contribution in [3.8, 4) is 5.75 Å². The molecule has 0 fully saturated rings. The number of halogens is 1. The van der Waals surface area contributed by atoms with E-state index in [0.29, 0.717) is 19.4 Å². The van der Waals surface area contributed by atoms with Crippen LogP contribution in [0.1, 0.15) is 16.7 Å². The summed E-state index contributed by atoms with van der Waals surface area (Å²) in [5.41, 5.74) is 3.06. The minimum atomic E-state index is -3.95. The van der Waals surface area contributed by atoms with Gasteiger partial charge < -0.3 is 15.0 Å². The van der Waals surface area contributed by atoms with Crippen LogP contribution in [0, 0.1) is 5.82 Å². The molecule has 2 amide bonds. The predicted molar refractivity (Wildman–Crippen MR) is 183 cm³/mol. The van der Waals surface area contributed by atoms with Crippen LogP contribution in [0.15, 0.2) is 144 Å². The van der Waals surface area contributed by atoms with Gasteiger partial charge in [0.05, 0.1) is 4.90 Å². The lowest BCUT2D eigenvalue weighted by Crippen LogP contribution is -2.52. The predicted octanol–water partition coefficient (Wildman–Crippen LogP) is 6.00. The average Bonchev–Trinajstić information content (AvgIpc) is 3.11. The lowest BCUT2D eigenvalue weighted by molar-refractivity contribution is -0.142. The fourth-order valence-corrected chi connectivity index (χ4v) is 6.16. The summed E-state index contributed by atoms with van der Waals surface area (Å²) < 4.78 is 47.1. The summed E-state index contributed by atoms with van der Waals surface area (Å²) in [6, 6.07) is 38.5. The third-order valence-corrected chi connectivity index (χ3v) is 9.01. The highest BCUT2D eigenvalue weighted by Crippen LogP contribution is 2.21. The Bertz CT molecular complexity index is 1870. The number of nitrogens with one attached hydrogen (secondary N) is 2. The maximum Gasteiger partial charge on any atom is 0.261 e. The van der Waals surface area contributed by atoms with Crippen molar-refractivity contribution in [2.75, 3.05) is 17.9 Å². The summed E-state index contributed by atoms with van der Waals surface area (Å²) in [6.45, 7) is 0.206. The fraction of sp³-hybridized carbons (Fsp3) is 0.158. The van der Waals surface area contributed by atoms with Crippen LogP contribution in [-0.2, 0) is 39.0 Å². The number of ether oxygens (including phenoxy) is 1. The fourth-order valence-electron chi connectivity index (χ4n) is 5.10. The van der Waals surface area contributed by atoms with Gasteiger partial charge in [-0.3, -0.25) is 14.3 Å². The van der Waals surface area contributed by atoms with Gasteiger partial charge in [-0.1, -0.05) is 91.0 Å². The van der Waals surface area contributed by atoms with Crippen LogP contribution >= 0.6 is 0 Å². The Labute approximate surface area is 280 Å². The van der Waals surface area contributed by atoms with Crippen LogP contribution < -0.4 is 14.8 Å². The average molecular weight is 666 g/mol. The molecule has 0 aliphatic heterocycles. The van der Waals surface area contributed by atoms with Crippen LogP contribution in [0.4, 0.5) is 10.1 Å². The zero-order valence-electron chi connectivity index (χ0n) is 26.2. The van der Waals surface area contributed by atoms with E-state index in [-0.39, 0.29) is 35.4 Å². The van der Waals surface area contributed by atoms with E-state index in [0.717, 1.165) is 28.8 Å². The number of amides is 2. The number of carbonyl (C=O) groups is 2. The van der Waals surface area contributed by atoms with E-state index in [4.69, 9.17) is 4.74 Å². The molecule has 246 valence electrons. The van der Waals surface area contributed by atoms with Gasteiger partial charge in [-0.15, -0.1) is 0 Å². The molecule has 0 saturated heterocycles. The monoisotopic (exact) mass is 665 g/mol. The van der Waals surface area contributed by atoms with Crippen LogP contribution in [0.2, 0.25) is 0 Å². The second-order valence-corrected chi connectivity index (χ2v) is 12.8. The molecule has 0 saturated carbocycles. The van der Waals surface area contributed by atoms with Crippen molar-refractivity contribution in [2.45, 2.75) is 30.3 Å². The second kappa shape index (κ2) is 16.4. The molecule has 0 spiro atoms. The number of hydrogen-bond acceptors (Lipinski definition) is 5. The standard InChI is InChI=1S/C38H36FN3O5S/c39-32-16-18-33(19-17-32)41-48(45,46)35-22-20-34(21-23-35)47-28-37(43)42(27-31-14-8-3-9-15-31)36(26-30-12-6-2-7-13-30)38(44)40-25-24-29-10-4-1-5-11-29/h1-23,36,41H,24-28H2,(H,40,44)/t36-/m0/s1. The third-order valence-electron chi connectivity index (χ3n) is 7.62. The first-order valence-electron chi connectivity index (χ1n) is 15.5. The van der Waals surface area contributed by atoms with Gasteiger partial charge in [0.25, 0.3) is 15.9 Å². The molecule has 0 aliphatic carbocycles. The highest BCUT2D eigenvalue weighted by molar-refractivity contribution is 7.92. The number of benzene rings is 5. The molecule has 2 N–H and O–H groups in total. The first kappa shape index (κ1) is 33.9. The van der Waals surface area contributed by atoms with E-state index in [2.05, 4.69) is 10.0 Å². The number of nitrogens with zero attached hydrogens (tertiary/aromatic N) is 1. The second-order valence-electron chi connectivity index (χ2n) is 11.1. The first-order valence-corrected chi connectivity index (χ1v) is 17.0. The van der Waals surface area contributed by atoms with Crippen molar-refractivity contribution in [3.05, 3.63) is 162 Å². The summed E-state index contributed by atoms with van der Waals surface area (Å²) >= 11 is 0. The van der Waals surface area contributed by atoms with Crippen molar-refractivity contribution < 1.29 is 27.1 Å². The van der Waals surface area contributed by atoms with Crippen LogP contribution in [0.5, 0.6) is 5.75 Å². The summed E-state index contributed by atoms with van der Waals surface area (Å²) in [6.07, 6.45) is 0.940. The van der Waals surface area contributed by atoms with E-state index in [1.165, 1.54) is 41.3 Å². The molecule has 1 atom stereocenters. The molecular weight excluding hydrogens is 629 g/mol. The third kappa shape index (κ3) is 9.76. The topological polar surface area (TPSA) is 105 Å². The molecule has 10 heteroatoms. The summed E-state index contributed by atoms with van der Waals surface area (Å²) in [4.78, 5) is 29.2. The summed E-state index contributed by atoms with van der Waals surface area (Å²) in [5.74, 6) is -0.892. The van der Waals surface area contributed by atoms with Gasteiger partial charge in [0, 0.05) is 25.2 Å². The maximum absolute atomic E-state index is 13.9. The molecule has 5 rings (SSSR count). The van der Waals surface area contributed by atoms with E-state index < -0.39 is 27.8 Å². The van der Waals surface area contributed by atoms with E-state index in [1.54, 1.807) is 0 Å². The highest BCUT2D eigenvalue weighted by atomic mass is 32.2. The number of anilines is 1. The Kier molecular flexibility index (Phi) is 11.6. The van der Waals surface area contributed by atoms with E-state index in [1.807, 2.05) is 91.0 Å². The molecule has 48 heavy (non-hydrogen) atoms. The lowest BCUT2D eigenvalue weighted by atomic mass is 10.0. The van der Waals surface area contributed by atoms with Crippen molar-refractivity contribution in [1.82, 2.24) is 10.2 Å². The molecule has 8 nitrogen and oxygen atoms in total. The van der Waals surface area contributed by atoms with Crippen LogP contribution in [0.25, 0.3) is 0 Å². The minimum Gasteiger partial charge on any atom is -0.484 e. The van der Waals surface area contributed by atoms with Gasteiger partial charge in [0.2, 0.25) is 5.91 Å². The lowest BCUT2D eigenvalue weighted by Gasteiger charge is -2.31. The minimum absolute atomic E-state index is 0.0358. The number of hydrogen-bond donors (Lipinski definition) is 2. The van der Waals surface area contributed by atoms with Crippen LogP contribution in [0.3, 0.4) is 0 Å². The van der Waals surface area contributed by atoms with Gasteiger partial charge >= 0.3 is 0 Å². The van der Waals surface area contributed by atoms with Crippen LogP contribution in [-0.4, -0.2) is 44.3 Å². The van der Waals surface area contributed by atoms with Gasteiger partial charge in [0.1, 0.15) is 17.6 Å². The van der Waals surface area contributed by atoms with Crippen molar-refractivity contribution in [1.29, 1.82) is 0 Å². The zero-order chi connectivity index (χ0) is 33.8. The number of sulfonamides is 1. The van der Waals surface area contributed by atoms with Crippen molar-refractivity contribution >= 4 is 27.5 Å². The Balaban J connectivity index is 1.31. The number of rotatable bonds is 15. The summed E-state index contributed by atoms with van der Waals surface area (Å²) in [7, 11) is -3.95. The quantitative estimate of drug-likeness (QED) is 0.143. The molecule has 5 aromatic rings. The Hall–Kier alpha value is -5.48. The Morgan fingerprint density at radius 1 is 0.708 bits per heavy atom. The van der Waals surface area contributed by atoms with Gasteiger partial charge in [0.15, 0.2) is 6.61 Å². The largest absolute Gasteiger partial charge is 0.484 e. The molecule has 0 unspecified atom stereocenters. The van der Waals surface area contributed by atoms with Crippen molar-refractivity contribution in [3.63, 3.8) is 0 Å². The Morgan fingerprint density at radius 3 is 1.88 bits per heavy atom. The molecule has 5 aromatic carbocycles. The van der Waals surface area contributed by atoms with E-state index in [9.17, 15) is 22.4 Å². The molecular formula is C38H36FN3O5S. The molecule has 0 heterocycles. The Morgan fingerprint density at radius 2 is 1.27 bits per heavy atom. The molecule has 0 bridgehead atoms. The van der Waals surface area contributed by atoms with Gasteiger partial charge in [-0.05, 0) is 71.6 Å². The van der Waals surface area contributed by atoms with E-state index >= 15 is 0 Å². The van der Waals surface area contributed by atoms with Gasteiger partial charge in [-0.2, -0.15) is 0 Å². The molecule has 0 radical (unpaired) electrons. The number of carbonyl (C=O) groups excluding carboxylic acids is 2. The summed E-state index contributed by atoms with van der Waals surface area (Å²) in [5, 5.41) is 3.03. The molecule has 0 aliphatic rings. The van der Waals surface area contributed by atoms with Gasteiger partial charge in [-0.25, -0.2) is 12.8 Å². The zero-order valence-corrected chi connectivity index (χ0v) is 27.0. The first-order chi connectivity index (χ1) is 23.3.